The third kappa shape index (κ3) is 6.51. The molecule has 0 spiro atoms. The van der Waals surface area contributed by atoms with Crippen LogP contribution in [0.4, 0.5) is 5.13 Å². The van der Waals surface area contributed by atoms with Crippen LogP contribution in [0, 0.1) is 0 Å². The summed E-state index contributed by atoms with van der Waals surface area (Å²) in [6.45, 7) is 5.71. The molecule has 134 valence electrons. The summed E-state index contributed by atoms with van der Waals surface area (Å²) in [6.07, 6.45) is 0.864. The molecule has 1 heterocycles. The summed E-state index contributed by atoms with van der Waals surface area (Å²) in [4.78, 5) is 27.8. The predicted octanol–water partition coefficient (Wildman–Crippen LogP) is 4.00. The van der Waals surface area contributed by atoms with E-state index < -0.39 is 0 Å². The van der Waals surface area contributed by atoms with Crippen LogP contribution in [0.2, 0.25) is 0 Å². The Hall–Kier alpha value is -1.86. The molecule has 1 amide bonds. The van der Waals surface area contributed by atoms with Gasteiger partial charge in [0.2, 0.25) is 5.91 Å². The van der Waals surface area contributed by atoms with Gasteiger partial charge in [-0.25, -0.2) is 4.98 Å². The minimum atomic E-state index is -0.306. The van der Waals surface area contributed by atoms with Crippen LogP contribution in [0.15, 0.2) is 29.6 Å². The second-order valence-electron chi connectivity index (χ2n) is 5.67. The number of hydrogen-bond acceptors (Lipinski definition) is 6. The van der Waals surface area contributed by atoms with Gasteiger partial charge in [0, 0.05) is 10.9 Å². The van der Waals surface area contributed by atoms with Crippen LogP contribution in [0.5, 0.6) is 0 Å². The van der Waals surface area contributed by atoms with E-state index in [0.717, 1.165) is 17.7 Å². The first-order valence-electron chi connectivity index (χ1n) is 8.09. The van der Waals surface area contributed by atoms with E-state index in [0.29, 0.717) is 5.13 Å². The van der Waals surface area contributed by atoms with Crippen molar-refractivity contribution in [3.8, 4) is 11.3 Å². The SMILES string of the molecule is CCc1ccc(-c2csc(NC(=O)CSCC(=O)OC(C)C)n2)cc1. The summed E-state index contributed by atoms with van der Waals surface area (Å²) in [5, 5.41) is 5.25. The fraction of sp³-hybridized carbons (Fsp3) is 0.389. The summed E-state index contributed by atoms with van der Waals surface area (Å²) < 4.78 is 5.02. The Kier molecular flexibility index (Phi) is 7.46. The maximum Gasteiger partial charge on any atom is 0.316 e. The summed E-state index contributed by atoms with van der Waals surface area (Å²) in [6, 6.07) is 8.24. The molecule has 7 heteroatoms. The van der Waals surface area contributed by atoms with E-state index in [1.807, 2.05) is 17.5 Å². The summed E-state index contributed by atoms with van der Waals surface area (Å²) in [7, 11) is 0. The van der Waals surface area contributed by atoms with E-state index in [2.05, 4.69) is 29.4 Å². The number of anilines is 1. The number of nitrogens with zero attached hydrogens (tertiary/aromatic N) is 1. The van der Waals surface area contributed by atoms with Gasteiger partial charge in [-0.15, -0.1) is 23.1 Å². The van der Waals surface area contributed by atoms with Crippen LogP contribution in [-0.2, 0) is 20.7 Å². The van der Waals surface area contributed by atoms with Gasteiger partial charge in [-0.3, -0.25) is 9.59 Å². The molecule has 1 N–H and O–H groups in total. The van der Waals surface area contributed by atoms with Crippen molar-refractivity contribution < 1.29 is 14.3 Å². The number of aromatic nitrogens is 1. The number of thiazole rings is 1. The molecule has 0 saturated carbocycles. The Morgan fingerprint density at radius 3 is 2.60 bits per heavy atom. The van der Waals surface area contributed by atoms with Crippen LogP contribution in [0.1, 0.15) is 26.3 Å². The number of amides is 1. The van der Waals surface area contributed by atoms with E-state index in [1.54, 1.807) is 13.8 Å². The number of thioether (sulfide) groups is 1. The molecule has 2 aromatic rings. The second kappa shape index (κ2) is 9.58. The van der Waals surface area contributed by atoms with Crippen molar-refractivity contribution in [2.75, 3.05) is 16.8 Å². The van der Waals surface area contributed by atoms with Crippen molar-refractivity contribution in [1.82, 2.24) is 4.98 Å². The molecule has 5 nitrogen and oxygen atoms in total. The van der Waals surface area contributed by atoms with Crippen molar-refractivity contribution in [3.05, 3.63) is 35.2 Å². The van der Waals surface area contributed by atoms with Gasteiger partial charge < -0.3 is 10.1 Å². The smallest absolute Gasteiger partial charge is 0.316 e. The molecule has 0 radical (unpaired) electrons. The molecule has 0 bridgehead atoms. The van der Waals surface area contributed by atoms with Gasteiger partial charge in [-0.05, 0) is 25.8 Å². The molecule has 0 aliphatic rings. The van der Waals surface area contributed by atoms with E-state index in [1.165, 1.54) is 28.7 Å². The van der Waals surface area contributed by atoms with E-state index in [4.69, 9.17) is 4.74 Å². The van der Waals surface area contributed by atoms with Gasteiger partial charge in [0.1, 0.15) is 0 Å². The Labute approximate surface area is 156 Å². The molecule has 0 unspecified atom stereocenters. The normalized spacial score (nSPS) is 10.7. The predicted molar refractivity (Wildman–Crippen MR) is 104 cm³/mol. The molecule has 0 saturated heterocycles. The van der Waals surface area contributed by atoms with Crippen LogP contribution >= 0.6 is 23.1 Å². The number of carbonyl (C=O) groups excluding carboxylic acids is 2. The number of ether oxygens (including phenoxy) is 1. The molecule has 2 rings (SSSR count). The molecule has 25 heavy (non-hydrogen) atoms. The fourth-order valence-corrected chi connectivity index (χ4v) is 3.38. The highest BCUT2D eigenvalue weighted by Crippen LogP contribution is 2.25. The van der Waals surface area contributed by atoms with Crippen LogP contribution in [0.3, 0.4) is 0 Å². The zero-order valence-electron chi connectivity index (χ0n) is 14.6. The van der Waals surface area contributed by atoms with E-state index >= 15 is 0 Å². The lowest BCUT2D eigenvalue weighted by molar-refractivity contribution is -0.144. The van der Waals surface area contributed by atoms with E-state index in [9.17, 15) is 9.59 Å². The van der Waals surface area contributed by atoms with Crippen molar-refractivity contribution in [1.29, 1.82) is 0 Å². The van der Waals surface area contributed by atoms with Crippen molar-refractivity contribution in [2.24, 2.45) is 0 Å². The average molecular weight is 379 g/mol. The van der Waals surface area contributed by atoms with Gasteiger partial charge >= 0.3 is 5.97 Å². The number of hydrogen-bond donors (Lipinski definition) is 1. The van der Waals surface area contributed by atoms with E-state index in [-0.39, 0.29) is 29.5 Å². The minimum Gasteiger partial charge on any atom is -0.462 e. The van der Waals surface area contributed by atoms with Gasteiger partial charge in [-0.1, -0.05) is 31.2 Å². The van der Waals surface area contributed by atoms with Crippen LogP contribution < -0.4 is 5.32 Å². The zero-order valence-corrected chi connectivity index (χ0v) is 16.2. The van der Waals surface area contributed by atoms with Gasteiger partial charge in [0.25, 0.3) is 0 Å². The fourth-order valence-electron chi connectivity index (χ4n) is 2.05. The second-order valence-corrected chi connectivity index (χ2v) is 7.51. The lowest BCUT2D eigenvalue weighted by Crippen LogP contribution is -2.17. The maximum absolute atomic E-state index is 11.9. The Bertz CT molecular complexity index is 711. The Balaban J connectivity index is 1.81. The van der Waals surface area contributed by atoms with Crippen LogP contribution in [0.25, 0.3) is 11.3 Å². The summed E-state index contributed by atoms with van der Waals surface area (Å²) in [5.74, 6) is -0.129. The third-order valence-corrected chi connectivity index (χ3v) is 4.89. The highest BCUT2D eigenvalue weighted by molar-refractivity contribution is 8.00. The molecule has 0 fully saturated rings. The first kappa shape index (κ1) is 19.5. The molecule has 0 aliphatic carbocycles. The lowest BCUT2D eigenvalue weighted by Gasteiger charge is -2.07. The number of rotatable bonds is 8. The summed E-state index contributed by atoms with van der Waals surface area (Å²) >= 11 is 2.62. The number of benzene rings is 1. The maximum atomic E-state index is 11.9. The van der Waals surface area contributed by atoms with Gasteiger partial charge in [-0.2, -0.15) is 0 Å². The minimum absolute atomic E-state index is 0.137. The highest BCUT2D eigenvalue weighted by atomic mass is 32.2. The van der Waals surface area contributed by atoms with Crippen molar-refractivity contribution >= 4 is 40.1 Å². The number of carbonyl (C=O) groups is 2. The lowest BCUT2D eigenvalue weighted by atomic mass is 10.1. The van der Waals surface area contributed by atoms with Gasteiger partial charge in [0.15, 0.2) is 5.13 Å². The molecule has 0 atom stereocenters. The highest BCUT2D eigenvalue weighted by Gasteiger charge is 2.10. The first-order valence-corrected chi connectivity index (χ1v) is 10.1. The molecular formula is C18H22N2O3S2. The van der Waals surface area contributed by atoms with Gasteiger partial charge in [0.05, 0.1) is 23.3 Å². The number of esters is 1. The third-order valence-electron chi connectivity index (χ3n) is 3.23. The summed E-state index contributed by atoms with van der Waals surface area (Å²) in [5.41, 5.74) is 3.15. The zero-order chi connectivity index (χ0) is 18.2. The quantitative estimate of drug-likeness (QED) is 0.703. The molecule has 0 aliphatic heterocycles. The number of aryl methyl sites for hydroxylation is 1. The average Bonchev–Trinajstić information content (AvgIpc) is 3.02. The molecule has 1 aromatic heterocycles. The monoisotopic (exact) mass is 378 g/mol. The largest absolute Gasteiger partial charge is 0.462 e. The molecular weight excluding hydrogens is 356 g/mol. The number of nitrogens with one attached hydrogen (secondary N) is 1. The van der Waals surface area contributed by atoms with Crippen LogP contribution in [-0.4, -0.2) is 34.5 Å². The first-order chi connectivity index (χ1) is 12.0. The topological polar surface area (TPSA) is 68.3 Å². The Morgan fingerprint density at radius 1 is 1.24 bits per heavy atom. The van der Waals surface area contributed by atoms with Crippen molar-refractivity contribution in [2.45, 2.75) is 33.3 Å². The standard InChI is InChI=1S/C18H22N2O3S2/c1-4-13-5-7-14(8-6-13)15-9-25-18(19-15)20-16(21)10-24-11-17(22)23-12(2)3/h5-9,12H,4,10-11H2,1-3H3,(H,19,20,21). The van der Waals surface area contributed by atoms with Crippen molar-refractivity contribution in [3.63, 3.8) is 0 Å². The Morgan fingerprint density at radius 2 is 1.96 bits per heavy atom. The molecule has 1 aromatic carbocycles.